The molecule has 2 aliphatic rings. The molecule has 2 bridgehead atoms. The lowest BCUT2D eigenvalue weighted by Crippen LogP contribution is -2.48. The van der Waals surface area contributed by atoms with Gasteiger partial charge in [0.25, 0.3) is 0 Å². The summed E-state index contributed by atoms with van der Waals surface area (Å²) in [5.74, 6) is -0.00157. The number of anilines is 1. The van der Waals surface area contributed by atoms with E-state index in [4.69, 9.17) is 9.97 Å². The molecule has 1 aromatic carbocycles. The van der Waals surface area contributed by atoms with E-state index in [1.54, 1.807) is 0 Å². The maximum atomic E-state index is 13.8. The molecule has 1 N–H and O–H groups in total. The number of nitrogens with zero attached hydrogens (tertiary/aromatic N) is 3. The van der Waals surface area contributed by atoms with E-state index >= 15 is 0 Å². The standard InChI is InChI=1S/C22H24N4OS/c1-12-13(2)28-19(23-12)26-18(27)22-11-10-21(5,20(22,3)4)16-17(22)25-15-9-7-6-8-14(15)24-16/h6-9H,10-11H2,1-5H3,(H,23,26,27). The van der Waals surface area contributed by atoms with Gasteiger partial charge in [-0.25, -0.2) is 15.0 Å². The fraction of sp³-hybridized carbons (Fsp3) is 0.455. The van der Waals surface area contributed by atoms with Crippen molar-refractivity contribution in [2.75, 3.05) is 5.32 Å². The van der Waals surface area contributed by atoms with E-state index < -0.39 is 5.41 Å². The molecule has 0 aliphatic heterocycles. The first kappa shape index (κ1) is 17.7. The van der Waals surface area contributed by atoms with Crippen molar-refractivity contribution in [1.29, 1.82) is 0 Å². The average molecular weight is 393 g/mol. The van der Waals surface area contributed by atoms with Crippen molar-refractivity contribution in [3.63, 3.8) is 0 Å². The molecule has 2 aromatic heterocycles. The third-order valence-corrected chi connectivity index (χ3v) is 8.57. The van der Waals surface area contributed by atoms with Gasteiger partial charge in [0, 0.05) is 10.3 Å². The molecule has 5 nitrogen and oxygen atoms in total. The van der Waals surface area contributed by atoms with E-state index in [0.717, 1.165) is 45.8 Å². The number of carbonyl (C=O) groups excluding carboxylic acids is 1. The molecular weight excluding hydrogens is 368 g/mol. The van der Waals surface area contributed by atoms with Crippen LogP contribution in [0.25, 0.3) is 11.0 Å². The van der Waals surface area contributed by atoms with Crippen LogP contribution in [0.4, 0.5) is 5.13 Å². The molecule has 1 fully saturated rings. The van der Waals surface area contributed by atoms with E-state index in [-0.39, 0.29) is 16.7 Å². The number of aryl methyl sites for hydroxylation is 2. The zero-order chi connectivity index (χ0) is 19.9. The Labute approximate surface area is 168 Å². The van der Waals surface area contributed by atoms with Gasteiger partial charge in [-0.15, -0.1) is 11.3 Å². The monoisotopic (exact) mass is 392 g/mol. The molecule has 1 saturated carbocycles. The van der Waals surface area contributed by atoms with E-state index in [0.29, 0.717) is 5.13 Å². The number of hydrogen-bond donors (Lipinski definition) is 1. The quantitative estimate of drug-likeness (QED) is 0.688. The van der Waals surface area contributed by atoms with Crippen LogP contribution in [0.15, 0.2) is 24.3 Å². The maximum Gasteiger partial charge on any atom is 0.239 e. The molecule has 6 heteroatoms. The molecule has 0 radical (unpaired) electrons. The lowest BCUT2D eigenvalue weighted by Gasteiger charge is -2.39. The largest absolute Gasteiger partial charge is 0.301 e. The molecule has 2 atom stereocenters. The third kappa shape index (κ3) is 1.91. The minimum Gasteiger partial charge on any atom is -0.301 e. The number of carbonyl (C=O) groups is 1. The van der Waals surface area contributed by atoms with E-state index in [9.17, 15) is 4.79 Å². The molecule has 2 aliphatic carbocycles. The first-order valence-electron chi connectivity index (χ1n) is 9.74. The number of benzene rings is 1. The molecule has 5 rings (SSSR count). The summed E-state index contributed by atoms with van der Waals surface area (Å²) in [5, 5.41) is 3.79. The highest BCUT2D eigenvalue weighted by Crippen LogP contribution is 2.70. The van der Waals surface area contributed by atoms with Crippen LogP contribution < -0.4 is 5.32 Å². The predicted molar refractivity (Wildman–Crippen MR) is 112 cm³/mol. The van der Waals surface area contributed by atoms with Gasteiger partial charge in [-0.1, -0.05) is 32.9 Å². The van der Waals surface area contributed by atoms with Gasteiger partial charge >= 0.3 is 0 Å². The van der Waals surface area contributed by atoms with Crippen LogP contribution in [-0.2, 0) is 15.6 Å². The highest BCUT2D eigenvalue weighted by atomic mass is 32.1. The van der Waals surface area contributed by atoms with Crippen molar-refractivity contribution in [2.24, 2.45) is 5.41 Å². The molecule has 0 saturated heterocycles. The van der Waals surface area contributed by atoms with Crippen molar-refractivity contribution >= 4 is 33.4 Å². The second-order valence-electron chi connectivity index (χ2n) is 8.89. The smallest absolute Gasteiger partial charge is 0.239 e. The molecule has 1 amide bonds. The van der Waals surface area contributed by atoms with Crippen LogP contribution in [0, 0.1) is 19.3 Å². The number of para-hydroxylation sites is 2. The Morgan fingerprint density at radius 1 is 1.00 bits per heavy atom. The summed E-state index contributed by atoms with van der Waals surface area (Å²) in [6.45, 7) is 10.6. The summed E-state index contributed by atoms with van der Waals surface area (Å²) in [6, 6.07) is 7.93. The maximum absolute atomic E-state index is 13.8. The van der Waals surface area contributed by atoms with Gasteiger partial charge < -0.3 is 5.32 Å². The van der Waals surface area contributed by atoms with Crippen molar-refractivity contribution in [2.45, 2.75) is 58.3 Å². The van der Waals surface area contributed by atoms with Crippen LogP contribution in [0.2, 0.25) is 0 Å². The molecule has 2 unspecified atom stereocenters. The van der Waals surface area contributed by atoms with Crippen LogP contribution >= 0.6 is 11.3 Å². The summed E-state index contributed by atoms with van der Waals surface area (Å²) in [7, 11) is 0. The Hall–Kier alpha value is -2.34. The second-order valence-corrected chi connectivity index (χ2v) is 10.1. The summed E-state index contributed by atoms with van der Waals surface area (Å²) in [6.07, 6.45) is 1.72. The molecule has 144 valence electrons. The predicted octanol–water partition coefficient (Wildman–Crippen LogP) is 4.67. The van der Waals surface area contributed by atoms with Crippen LogP contribution in [0.1, 0.15) is 55.6 Å². The van der Waals surface area contributed by atoms with E-state index in [2.05, 4.69) is 31.1 Å². The highest BCUT2D eigenvalue weighted by molar-refractivity contribution is 7.15. The zero-order valence-corrected chi connectivity index (χ0v) is 17.7. The van der Waals surface area contributed by atoms with Gasteiger partial charge in [0.2, 0.25) is 5.91 Å². The van der Waals surface area contributed by atoms with E-state index in [1.165, 1.54) is 11.3 Å². The third-order valence-electron chi connectivity index (χ3n) is 7.58. The number of hydrogen-bond acceptors (Lipinski definition) is 5. The number of nitrogens with one attached hydrogen (secondary N) is 1. The molecular formula is C22H24N4OS. The Balaban J connectivity index is 1.70. The first-order valence-corrected chi connectivity index (χ1v) is 10.6. The molecule has 0 spiro atoms. The van der Waals surface area contributed by atoms with Gasteiger partial charge in [0.1, 0.15) is 0 Å². The Kier molecular flexibility index (Phi) is 3.41. The number of aromatic nitrogens is 3. The zero-order valence-electron chi connectivity index (χ0n) is 16.9. The minimum absolute atomic E-state index is 0.00157. The first-order chi connectivity index (χ1) is 13.2. The summed E-state index contributed by atoms with van der Waals surface area (Å²) in [5.41, 5.74) is 3.40. The van der Waals surface area contributed by atoms with Gasteiger partial charge in [0.05, 0.1) is 33.5 Å². The number of thiazole rings is 1. The summed E-state index contributed by atoms with van der Waals surface area (Å²) in [4.78, 5) is 29.4. The van der Waals surface area contributed by atoms with E-state index in [1.807, 2.05) is 38.1 Å². The van der Waals surface area contributed by atoms with Gasteiger partial charge in [0.15, 0.2) is 5.13 Å². The van der Waals surface area contributed by atoms with Crippen molar-refractivity contribution in [1.82, 2.24) is 15.0 Å². The van der Waals surface area contributed by atoms with Crippen LogP contribution in [0.5, 0.6) is 0 Å². The topological polar surface area (TPSA) is 67.8 Å². The Morgan fingerprint density at radius 3 is 2.25 bits per heavy atom. The summed E-state index contributed by atoms with van der Waals surface area (Å²) < 4.78 is 0. The molecule has 3 aromatic rings. The Morgan fingerprint density at radius 2 is 1.64 bits per heavy atom. The lowest BCUT2D eigenvalue weighted by molar-refractivity contribution is -0.125. The van der Waals surface area contributed by atoms with Gasteiger partial charge in [-0.3, -0.25) is 4.79 Å². The lowest BCUT2D eigenvalue weighted by atomic mass is 9.63. The fourth-order valence-corrected chi connectivity index (χ4v) is 6.09. The molecule has 2 heterocycles. The minimum atomic E-state index is -0.693. The van der Waals surface area contributed by atoms with Gasteiger partial charge in [-0.2, -0.15) is 0 Å². The van der Waals surface area contributed by atoms with Crippen LogP contribution in [-0.4, -0.2) is 20.9 Å². The second kappa shape index (κ2) is 5.38. The fourth-order valence-electron chi connectivity index (χ4n) is 5.28. The SMILES string of the molecule is Cc1nc(NC(=O)C23CCC(C)(c4nc5ccccc5nc42)C3(C)C)sc1C. The normalized spacial score (nSPS) is 27.2. The summed E-state index contributed by atoms with van der Waals surface area (Å²) >= 11 is 1.53. The molecule has 28 heavy (non-hydrogen) atoms. The van der Waals surface area contributed by atoms with Gasteiger partial charge in [-0.05, 0) is 44.2 Å². The Bertz CT molecular complexity index is 1130. The number of rotatable bonds is 2. The number of fused-ring (bicyclic) bond motifs is 6. The highest BCUT2D eigenvalue weighted by Gasteiger charge is 2.73. The van der Waals surface area contributed by atoms with Crippen molar-refractivity contribution < 1.29 is 4.79 Å². The van der Waals surface area contributed by atoms with Crippen molar-refractivity contribution in [3.05, 3.63) is 46.2 Å². The number of amides is 1. The van der Waals surface area contributed by atoms with Crippen LogP contribution in [0.3, 0.4) is 0 Å². The van der Waals surface area contributed by atoms with Crippen molar-refractivity contribution in [3.8, 4) is 0 Å². The average Bonchev–Trinajstić information content (AvgIpc) is 3.13.